The summed E-state index contributed by atoms with van der Waals surface area (Å²) in [6, 6.07) is 5.91. The second-order valence-corrected chi connectivity index (χ2v) is 9.22. The van der Waals surface area contributed by atoms with Crippen molar-refractivity contribution in [3.63, 3.8) is 0 Å². The van der Waals surface area contributed by atoms with E-state index in [1.54, 1.807) is 24.3 Å². The van der Waals surface area contributed by atoms with E-state index in [-0.39, 0.29) is 35.0 Å². The fourth-order valence-electron chi connectivity index (χ4n) is 4.49. The third kappa shape index (κ3) is 2.61. The molecular formula is C25H24O7. The largest absolute Gasteiger partial charge is 0.508 e. The Morgan fingerprint density at radius 2 is 1.78 bits per heavy atom. The summed E-state index contributed by atoms with van der Waals surface area (Å²) in [7, 11) is 0. The number of ketones is 1. The quantitative estimate of drug-likeness (QED) is 0.606. The first kappa shape index (κ1) is 20.5. The third-order valence-electron chi connectivity index (χ3n) is 6.11. The first-order valence-electron chi connectivity index (χ1n) is 10.4. The van der Waals surface area contributed by atoms with E-state index in [9.17, 15) is 20.1 Å². The molecule has 0 aromatic heterocycles. The van der Waals surface area contributed by atoms with Crippen LogP contribution in [0.3, 0.4) is 0 Å². The van der Waals surface area contributed by atoms with Gasteiger partial charge >= 0.3 is 5.79 Å². The topological polar surface area (TPSA) is 105 Å². The van der Waals surface area contributed by atoms with Crippen LogP contribution in [-0.4, -0.2) is 32.5 Å². The number of aliphatic hydroxyl groups is 1. The number of hydrogen-bond acceptors (Lipinski definition) is 7. The predicted octanol–water partition coefficient (Wildman–Crippen LogP) is 4.19. The first-order valence-corrected chi connectivity index (χ1v) is 10.4. The van der Waals surface area contributed by atoms with Crippen molar-refractivity contribution in [1.82, 2.24) is 0 Å². The lowest BCUT2D eigenvalue weighted by Gasteiger charge is -2.43. The Morgan fingerprint density at radius 3 is 2.50 bits per heavy atom. The molecule has 2 unspecified atom stereocenters. The number of rotatable bonds is 2. The van der Waals surface area contributed by atoms with Crippen LogP contribution in [0, 0.1) is 0 Å². The first-order chi connectivity index (χ1) is 15.0. The molecule has 0 saturated heterocycles. The third-order valence-corrected chi connectivity index (χ3v) is 6.11. The zero-order valence-corrected chi connectivity index (χ0v) is 18.2. The fourth-order valence-corrected chi connectivity index (χ4v) is 4.49. The highest BCUT2D eigenvalue weighted by Crippen LogP contribution is 2.59. The minimum atomic E-state index is -2.44. The maximum absolute atomic E-state index is 13.7. The van der Waals surface area contributed by atoms with E-state index in [0.29, 0.717) is 16.9 Å². The Morgan fingerprint density at radius 1 is 1.03 bits per heavy atom. The number of phenols is 2. The minimum Gasteiger partial charge on any atom is -0.508 e. The van der Waals surface area contributed by atoms with Crippen LogP contribution < -0.4 is 14.2 Å². The summed E-state index contributed by atoms with van der Waals surface area (Å²) in [6.45, 7) is 7.54. The van der Waals surface area contributed by atoms with Crippen molar-refractivity contribution in [2.24, 2.45) is 0 Å². The molecule has 0 fully saturated rings. The standard InChI is InChI=1S/C25H24O7/c1-13(2)7-10-24-16-6-5-14(26)11-18(16)32-25(24,29)22(28)20-19(31-24)12-17-15(21(20)27)8-9-23(3,4)30-17/h5-9,11-12,26-27,29H,10H2,1-4H3. The maximum atomic E-state index is 13.7. The monoisotopic (exact) mass is 436 g/mol. The highest BCUT2D eigenvalue weighted by molar-refractivity contribution is 6.09. The van der Waals surface area contributed by atoms with Gasteiger partial charge in [0.1, 0.15) is 39.9 Å². The number of aromatic hydroxyl groups is 2. The van der Waals surface area contributed by atoms with Crippen molar-refractivity contribution in [3.8, 4) is 28.7 Å². The molecule has 0 radical (unpaired) electrons. The van der Waals surface area contributed by atoms with E-state index in [2.05, 4.69) is 0 Å². The Bertz CT molecular complexity index is 1240. The molecule has 2 aromatic rings. The van der Waals surface area contributed by atoms with Gasteiger partial charge in [0.2, 0.25) is 11.4 Å². The molecule has 2 atom stereocenters. The van der Waals surface area contributed by atoms with Gasteiger partial charge in [0.15, 0.2) is 0 Å². The second-order valence-electron chi connectivity index (χ2n) is 9.22. The maximum Gasteiger partial charge on any atom is 0.318 e. The molecule has 0 spiro atoms. The highest BCUT2D eigenvalue weighted by Gasteiger charge is 2.69. The van der Waals surface area contributed by atoms with Gasteiger partial charge in [-0.3, -0.25) is 4.79 Å². The van der Waals surface area contributed by atoms with E-state index in [0.717, 1.165) is 5.57 Å². The van der Waals surface area contributed by atoms with Crippen LogP contribution in [-0.2, 0) is 5.60 Å². The van der Waals surface area contributed by atoms with Gasteiger partial charge in [-0.1, -0.05) is 11.6 Å². The molecule has 166 valence electrons. The van der Waals surface area contributed by atoms with E-state index in [1.165, 1.54) is 12.1 Å². The van der Waals surface area contributed by atoms with E-state index < -0.39 is 22.8 Å². The number of phenolic OH excluding ortho intramolecular Hbond substituents is 2. The molecule has 32 heavy (non-hydrogen) atoms. The molecule has 3 heterocycles. The van der Waals surface area contributed by atoms with Crippen LogP contribution in [0.15, 0.2) is 42.0 Å². The molecule has 5 rings (SSSR count). The summed E-state index contributed by atoms with van der Waals surface area (Å²) in [5.41, 5.74) is -0.685. The lowest BCUT2D eigenvalue weighted by Crippen LogP contribution is -2.62. The zero-order chi connectivity index (χ0) is 23.1. The number of carbonyl (C=O) groups is 1. The Balaban J connectivity index is 1.76. The van der Waals surface area contributed by atoms with Gasteiger partial charge in [-0.15, -0.1) is 0 Å². The molecule has 3 aliphatic rings. The molecule has 0 saturated carbocycles. The molecule has 3 N–H and O–H groups in total. The smallest absolute Gasteiger partial charge is 0.318 e. The van der Waals surface area contributed by atoms with Gasteiger partial charge in [-0.25, -0.2) is 0 Å². The molecule has 0 aliphatic carbocycles. The second kappa shape index (κ2) is 6.29. The summed E-state index contributed by atoms with van der Waals surface area (Å²) in [5.74, 6) is -3.09. The van der Waals surface area contributed by atoms with Crippen molar-refractivity contribution < 1.29 is 34.3 Å². The Labute approximate surface area is 185 Å². The van der Waals surface area contributed by atoms with Gasteiger partial charge in [0.25, 0.3) is 0 Å². The molecule has 7 heteroatoms. The van der Waals surface area contributed by atoms with Crippen LogP contribution in [0.25, 0.3) is 6.08 Å². The highest BCUT2D eigenvalue weighted by atomic mass is 16.7. The van der Waals surface area contributed by atoms with E-state index >= 15 is 0 Å². The van der Waals surface area contributed by atoms with Gasteiger partial charge in [0.05, 0.1) is 5.56 Å². The molecule has 0 amide bonds. The van der Waals surface area contributed by atoms with Crippen molar-refractivity contribution in [2.45, 2.75) is 51.1 Å². The van der Waals surface area contributed by atoms with Gasteiger partial charge in [-0.2, -0.15) is 0 Å². The number of allylic oxidation sites excluding steroid dienone is 1. The summed E-state index contributed by atoms with van der Waals surface area (Å²) < 4.78 is 18.1. The molecule has 0 bridgehead atoms. The number of fused-ring (bicyclic) bond motifs is 5. The van der Waals surface area contributed by atoms with Crippen LogP contribution in [0.4, 0.5) is 0 Å². The van der Waals surface area contributed by atoms with Crippen molar-refractivity contribution in [3.05, 3.63) is 58.7 Å². The lowest BCUT2D eigenvalue weighted by atomic mass is 9.77. The minimum absolute atomic E-state index is 0.0765. The average molecular weight is 436 g/mol. The fraction of sp³-hybridized carbons (Fsp3) is 0.320. The Hall–Kier alpha value is -3.45. The summed E-state index contributed by atoms with van der Waals surface area (Å²) in [4.78, 5) is 13.7. The molecule has 3 aliphatic heterocycles. The lowest BCUT2D eigenvalue weighted by molar-refractivity contribution is -0.201. The summed E-state index contributed by atoms with van der Waals surface area (Å²) in [6.07, 6.45) is 5.42. The van der Waals surface area contributed by atoms with Crippen molar-refractivity contribution in [2.75, 3.05) is 0 Å². The van der Waals surface area contributed by atoms with Crippen LogP contribution in [0.5, 0.6) is 28.7 Å². The van der Waals surface area contributed by atoms with Crippen LogP contribution >= 0.6 is 0 Å². The van der Waals surface area contributed by atoms with Gasteiger partial charge in [-0.05, 0) is 52.0 Å². The summed E-state index contributed by atoms with van der Waals surface area (Å²) >= 11 is 0. The number of benzene rings is 2. The molecule has 2 aromatic carbocycles. The van der Waals surface area contributed by atoms with Crippen LogP contribution in [0.1, 0.15) is 55.6 Å². The molecule has 7 nitrogen and oxygen atoms in total. The number of ether oxygens (including phenoxy) is 3. The van der Waals surface area contributed by atoms with Crippen LogP contribution in [0.2, 0.25) is 0 Å². The average Bonchev–Trinajstić information content (AvgIpc) is 2.94. The van der Waals surface area contributed by atoms with Gasteiger partial charge < -0.3 is 29.5 Å². The SMILES string of the molecule is CC(C)=CCC12Oc3cc4c(c(O)c3C(=O)C1(O)Oc1cc(O)ccc12)C=CC(C)(C)O4. The van der Waals surface area contributed by atoms with Gasteiger partial charge in [0, 0.05) is 24.1 Å². The number of Topliss-reactive ketones (excluding diaryl/α,β-unsaturated/α-hetero) is 1. The van der Waals surface area contributed by atoms with Crippen molar-refractivity contribution in [1.29, 1.82) is 0 Å². The number of carbonyl (C=O) groups excluding carboxylic acids is 1. The summed E-state index contributed by atoms with van der Waals surface area (Å²) in [5, 5.41) is 32.5. The number of hydrogen-bond donors (Lipinski definition) is 3. The van der Waals surface area contributed by atoms with E-state index in [1.807, 2.05) is 33.8 Å². The van der Waals surface area contributed by atoms with Crippen molar-refractivity contribution >= 4 is 11.9 Å². The Kier molecular flexibility index (Phi) is 4.02. The normalized spacial score (nSPS) is 26.0. The zero-order valence-electron chi connectivity index (χ0n) is 18.2. The van der Waals surface area contributed by atoms with E-state index in [4.69, 9.17) is 14.2 Å². The predicted molar refractivity (Wildman–Crippen MR) is 116 cm³/mol. The molecular weight excluding hydrogens is 412 g/mol.